The standard InChI is InChI=1S/C15H15NO5/c17-8-11-5-4-9(6-13(11)19)15(21)16-7-10-2-1-3-12(18)14(10)20/h1-6,17-20H,7-8H2,(H,16,21). The van der Waals surface area contributed by atoms with E-state index in [1.807, 2.05) is 0 Å². The molecule has 1 amide bonds. The molecule has 0 bridgehead atoms. The quantitative estimate of drug-likeness (QED) is 0.544. The van der Waals surface area contributed by atoms with Gasteiger partial charge in [0.05, 0.1) is 6.61 Å². The first-order valence-electron chi connectivity index (χ1n) is 6.23. The predicted molar refractivity (Wildman–Crippen MR) is 75.0 cm³/mol. The smallest absolute Gasteiger partial charge is 0.251 e. The summed E-state index contributed by atoms with van der Waals surface area (Å²) in [6.07, 6.45) is 0. The maximum absolute atomic E-state index is 11.9. The van der Waals surface area contributed by atoms with Gasteiger partial charge in [-0.25, -0.2) is 0 Å². The number of carbonyl (C=O) groups excluding carboxylic acids is 1. The number of aliphatic hydroxyl groups excluding tert-OH is 1. The van der Waals surface area contributed by atoms with Crippen LogP contribution in [0.15, 0.2) is 36.4 Å². The van der Waals surface area contributed by atoms with Crippen molar-refractivity contribution in [1.82, 2.24) is 5.32 Å². The number of amides is 1. The number of aromatic hydroxyl groups is 3. The Morgan fingerprint density at radius 3 is 2.43 bits per heavy atom. The normalized spacial score (nSPS) is 10.3. The Balaban J connectivity index is 2.08. The van der Waals surface area contributed by atoms with E-state index in [9.17, 15) is 20.1 Å². The van der Waals surface area contributed by atoms with Gasteiger partial charge in [0.1, 0.15) is 5.75 Å². The molecule has 0 aliphatic heterocycles. The van der Waals surface area contributed by atoms with E-state index in [0.29, 0.717) is 11.1 Å². The number of phenols is 3. The molecular formula is C15H15NO5. The van der Waals surface area contributed by atoms with Gasteiger partial charge < -0.3 is 25.7 Å². The summed E-state index contributed by atoms with van der Waals surface area (Å²) >= 11 is 0. The van der Waals surface area contributed by atoms with Gasteiger partial charge in [-0.05, 0) is 18.2 Å². The highest BCUT2D eigenvalue weighted by Crippen LogP contribution is 2.28. The minimum absolute atomic E-state index is 0.0293. The maximum Gasteiger partial charge on any atom is 0.251 e. The van der Waals surface area contributed by atoms with Crippen molar-refractivity contribution in [3.05, 3.63) is 53.1 Å². The largest absolute Gasteiger partial charge is 0.508 e. The van der Waals surface area contributed by atoms with E-state index in [0.717, 1.165) is 0 Å². The molecule has 0 saturated carbocycles. The van der Waals surface area contributed by atoms with Gasteiger partial charge in [-0.2, -0.15) is 0 Å². The topological polar surface area (TPSA) is 110 Å². The lowest BCUT2D eigenvalue weighted by Gasteiger charge is -2.09. The van der Waals surface area contributed by atoms with E-state index < -0.39 is 5.91 Å². The van der Waals surface area contributed by atoms with Crippen LogP contribution in [-0.2, 0) is 13.2 Å². The second kappa shape index (κ2) is 6.15. The van der Waals surface area contributed by atoms with Crippen LogP contribution in [0, 0.1) is 0 Å². The molecule has 0 aliphatic rings. The minimum Gasteiger partial charge on any atom is -0.508 e. The molecule has 0 unspecified atom stereocenters. The molecule has 6 heteroatoms. The van der Waals surface area contributed by atoms with Crippen LogP contribution >= 0.6 is 0 Å². The van der Waals surface area contributed by atoms with Crippen LogP contribution in [0.2, 0.25) is 0 Å². The Bertz CT molecular complexity index is 669. The van der Waals surface area contributed by atoms with E-state index >= 15 is 0 Å². The Morgan fingerprint density at radius 1 is 1.00 bits per heavy atom. The van der Waals surface area contributed by atoms with Gasteiger partial charge in [0, 0.05) is 23.2 Å². The number of carbonyl (C=O) groups is 1. The molecule has 0 atom stereocenters. The average Bonchev–Trinajstić information content (AvgIpc) is 2.48. The molecule has 2 aromatic rings. The Morgan fingerprint density at radius 2 is 1.76 bits per heavy atom. The fourth-order valence-electron chi connectivity index (χ4n) is 1.84. The van der Waals surface area contributed by atoms with E-state index in [2.05, 4.69) is 5.32 Å². The van der Waals surface area contributed by atoms with Crippen LogP contribution in [0.3, 0.4) is 0 Å². The summed E-state index contributed by atoms with van der Waals surface area (Å²) < 4.78 is 0. The first-order valence-corrected chi connectivity index (χ1v) is 6.23. The molecule has 0 spiro atoms. The molecule has 0 aliphatic carbocycles. The predicted octanol–water partition coefficient (Wildman–Crippen LogP) is 1.23. The molecule has 0 heterocycles. The Kier molecular flexibility index (Phi) is 4.30. The number of para-hydroxylation sites is 1. The van der Waals surface area contributed by atoms with Crippen LogP contribution in [0.25, 0.3) is 0 Å². The highest BCUT2D eigenvalue weighted by Gasteiger charge is 2.11. The summed E-state index contributed by atoms with van der Waals surface area (Å²) in [5.41, 5.74) is 0.932. The van der Waals surface area contributed by atoms with Gasteiger partial charge in [-0.15, -0.1) is 0 Å². The third-order valence-electron chi connectivity index (χ3n) is 3.06. The SMILES string of the molecule is O=C(NCc1cccc(O)c1O)c1ccc(CO)c(O)c1. The molecule has 5 N–H and O–H groups in total. The van der Waals surface area contributed by atoms with Crippen LogP contribution in [0.5, 0.6) is 17.2 Å². The van der Waals surface area contributed by atoms with Crippen molar-refractivity contribution in [2.24, 2.45) is 0 Å². The van der Waals surface area contributed by atoms with E-state index in [4.69, 9.17) is 5.11 Å². The molecule has 0 fully saturated rings. The molecular weight excluding hydrogens is 274 g/mol. The van der Waals surface area contributed by atoms with Crippen molar-refractivity contribution in [2.75, 3.05) is 0 Å². The Labute approximate surface area is 120 Å². The van der Waals surface area contributed by atoms with Crippen molar-refractivity contribution < 1.29 is 25.2 Å². The lowest BCUT2D eigenvalue weighted by atomic mass is 10.1. The van der Waals surface area contributed by atoms with Gasteiger partial charge in [-0.1, -0.05) is 18.2 Å². The van der Waals surface area contributed by atoms with Crippen LogP contribution in [-0.4, -0.2) is 26.3 Å². The summed E-state index contributed by atoms with van der Waals surface area (Å²) in [4.78, 5) is 11.9. The van der Waals surface area contributed by atoms with Crippen LogP contribution < -0.4 is 5.32 Å². The number of rotatable bonds is 4. The van der Waals surface area contributed by atoms with Crippen molar-refractivity contribution in [3.8, 4) is 17.2 Å². The third kappa shape index (κ3) is 3.24. The lowest BCUT2D eigenvalue weighted by molar-refractivity contribution is 0.0950. The number of aliphatic hydroxyl groups is 1. The van der Waals surface area contributed by atoms with Gasteiger partial charge in [0.25, 0.3) is 5.91 Å². The van der Waals surface area contributed by atoms with E-state index in [1.165, 1.54) is 24.3 Å². The molecule has 0 aromatic heterocycles. The number of hydrogen-bond donors (Lipinski definition) is 5. The molecule has 0 radical (unpaired) electrons. The zero-order valence-electron chi connectivity index (χ0n) is 11.1. The summed E-state index contributed by atoms with van der Waals surface area (Å²) in [5, 5.41) is 40.1. The van der Waals surface area contributed by atoms with Crippen molar-refractivity contribution in [2.45, 2.75) is 13.2 Å². The first-order chi connectivity index (χ1) is 10.0. The molecule has 21 heavy (non-hydrogen) atoms. The maximum atomic E-state index is 11.9. The van der Waals surface area contributed by atoms with Crippen LogP contribution in [0.4, 0.5) is 0 Å². The van der Waals surface area contributed by atoms with Gasteiger partial charge in [-0.3, -0.25) is 4.79 Å². The molecule has 2 aromatic carbocycles. The first kappa shape index (κ1) is 14.7. The highest BCUT2D eigenvalue weighted by molar-refractivity contribution is 5.94. The number of hydrogen-bond acceptors (Lipinski definition) is 5. The summed E-state index contributed by atoms with van der Waals surface area (Å²) in [6.45, 7) is -0.285. The fourth-order valence-corrected chi connectivity index (χ4v) is 1.84. The number of nitrogens with one attached hydrogen (secondary N) is 1. The van der Waals surface area contributed by atoms with Gasteiger partial charge in [0.15, 0.2) is 11.5 Å². The molecule has 2 rings (SSSR count). The van der Waals surface area contributed by atoms with Gasteiger partial charge in [0.2, 0.25) is 0 Å². The summed E-state index contributed by atoms with van der Waals surface area (Å²) in [5.74, 6) is -1.15. The average molecular weight is 289 g/mol. The fraction of sp³-hybridized carbons (Fsp3) is 0.133. The zero-order valence-corrected chi connectivity index (χ0v) is 11.1. The highest BCUT2D eigenvalue weighted by atomic mass is 16.3. The molecule has 110 valence electrons. The Hall–Kier alpha value is -2.73. The second-order valence-electron chi connectivity index (χ2n) is 4.47. The minimum atomic E-state index is -0.447. The summed E-state index contributed by atoms with van der Waals surface area (Å²) in [6, 6.07) is 8.65. The number of benzene rings is 2. The van der Waals surface area contributed by atoms with Crippen molar-refractivity contribution in [3.63, 3.8) is 0 Å². The van der Waals surface area contributed by atoms with E-state index in [1.54, 1.807) is 12.1 Å². The van der Waals surface area contributed by atoms with Crippen molar-refractivity contribution in [1.29, 1.82) is 0 Å². The van der Waals surface area contributed by atoms with Gasteiger partial charge >= 0.3 is 0 Å². The van der Waals surface area contributed by atoms with Crippen molar-refractivity contribution >= 4 is 5.91 Å². The zero-order chi connectivity index (χ0) is 15.4. The summed E-state index contributed by atoms with van der Waals surface area (Å²) in [7, 11) is 0. The molecule has 0 saturated heterocycles. The second-order valence-corrected chi connectivity index (χ2v) is 4.47. The van der Waals surface area contributed by atoms with Crippen LogP contribution in [0.1, 0.15) is 21.5 Å². The lowest BCUT2D eigenvalue weighted by Crippen LogP contribution is -2.22. The molecule has 6 nitrogen and oxygen atoms in total. The third-order valence-corrected chi connectivity index (χ3v) is 3.06. The number of phenolic OH excluding ortho intramolecular Hbond substituents is 2. The van der Waals surface area contributed by atoms with E-state index in [-0.39, 0.29) is 36.0 Å². The monoisotopic (exact) mass is 289 g/mol.